The Balaban J connectivity index is 2.21. The Kier molecular flexibility index (Phi) is 5.90. The molecule has 0 bridgehead atoms. The SMILES string of the molecule is CC(NC(=O)[C@H]1C[C@H](c2ccccc2)CN1C(=O)OC(C)(C)C)C(=O)O. The van der Waals surface area contributed by atoms with Crippen molar-refractivity contribution >= 4 is 18.0 Å². The first kappa shape index (κ1) is 19.8. The van der Waals surface area contributed by atoms with E-state index in [1.54, 1.807) is 20.8 Å². The summed E-state index contributed by atoms with van der Waals surface area (Å²) in [5.41, 5.74) is 0.347. The van der Waals surface area contributed by atoms with Gasteiger partial charge in [0.1, 0.15) is 17.7 Å². The van der Waals surface area contributed by atoms with E-state index < -0.39 is 35.7 Å². The molecule has 0 saturated carbocycles. The van der Waals surface area contributed by atoms with Gasteiger partial charge in [-0.05, 0) is 39.7 Å². The molecule has 2 amide bonds. The van der Waals surface area contributed by atoms with Gasteiger partial charge in [-0.1, -0.05) is 30.3 Å². The average Bonchev–Trinajstić information content (AvgIpc) is 2.99. The van der Waals surface area contributed by atoms with Gasteiger partial charge in [0.15, 0.2) is 0 Å². The first-order chi connectivity index (χ1) is 12.1. The smallest absolute Gasteiger partial charge is 0.410 e. The Morgan fingerprint density at radius 2 is 1.85 bits per heavy atom. The standard InChI is InChI=1S/C19H26N2O5/c1-12(17(23)24)20-16(22)15-10-14(13-8-6-5-7-9-13)11-21(15)18(25)26-19(2,3)4/h5-9,12,14-15H,10-11H2,1-4H3,(H,20,22)(H,23,24)/t12?,14-,15+/m0/s1. The summed E-state index contributed by atoms with van der Waals surface area (Å²) in [6, 6.07) is 7.84. The number of rotatable bonds is 4. The Labute approximate surface area is 153 Å². The van der Waals surface area contributed by atoms with E-state index in [0.29, 0.717) is 13.0 Å². The molecule has 1 aliphatic heterocycles. The monoisotopic (exact) mass is 362 g/mol. The van der Waals surface area contributed by atoms with Crippen LogP contribution in [0, 0.1) is 0 Å². The molecule has 1 aromatic rings. The normalized spacial score (nSPS) is 21.2. The van der Waals surface area contributed by atoms with Gasteiger partial charge < -0.3 is 15.2 Å². The second kappa shape index (κ2) is 7.76. The minimum atomic E-state index is -1.13. The third kappa shape index (κ3) is 4.97. The van der Waals surface area contributed by atoms with Crippen LogP contribution >= 0.6 is 0 Å². The Hall–Kier alpha value is -2.57. The molecule has 2 N–H and O–H groups in total. The third-order valence-corrected chi connectivity index (χ3v) is 4.23. The van der Waals surface area contributed by atoms with Crippen LogP contribution in [0.1, 0.15) is 45.6 Å². The molecule has 26 heavy (non-hydrogen) atoms. The zero-order valence-corrected chi connectivity index (χ0v) is 15.6. The Morgan fingerprint density at radius 3 is 2.38 bits per heavy atom. The number of nitrogens with one attached hydrogen (secondary N) is 1. The number of carbonyl (C=O) groups is 3. The van der Waals surface area contributed by atoms with E-state index in [4.69, 9.17) is 9.84 Å². The molecule has 0 aromatic heterocycles. The molecule has 7 heteroatoms. The van der Waals surface area contributed by atoms with Crippen LogP contribution in [-0.2, 0) is 14.3 Å². The lowest BCUT2D eigenvalue weighted by molar-refractivity contribution is -0.141. The maximum atomic E-state index is 12.6. The zero-order chi connectivity index (χ0) is 19.5. The van der Waals surface area contributed by atoms with Crippen LogP contribution in [0.2, 0.25) is 0 Å². The van der Waals surface area contributed by atoms with E-state index in [-0.39, 0.29) is 5.92 Å². The summed E-state index contributed by atoms with van der Waals surface area (Å²) in [5.74, 6) is -1.62. The second-order valence-electron chi connectivity index (χ2n) is 7.56. The molecule has 0 spiro atoms. The van der Waals surface area contributed by atoms with Gasteiger partial charge in [-0.2, -0.15) is 0 Å². The lowest BCUT2D eigenvalue weighted by Crippen LogP contribution is -2.50. The van der Waals surface area contributed by atoms with Crippen molar-refractivity contribution in [3.05, 3.63) is 35.9 Å². The number of ether oxygens (including phenoxy) is 1. The lowest BCUT2D eigenvalue weighted by Gasteiger charge is -2.28. The highest BCUT2D eigenvalue weighted by Crippen LogP contribution is 2.33. The molecule has 1 aromatic carbocycles. The van der Waals surface area contributed by atoms with Gasteiger partial charge in [0, 0.05) is 12.5 Å². The number of carboxylic acid groups (broad SMARTS) is 1. The summed E-state index contributed by atoms with van der Waals surface area (Å²) in [6.45, 7) is 7.02. The molecule has 1 heterocycles. The van der Waals surface area contributed by atoms with Crippen molar-refractivity contribution in [2.24, 2.45) is 0 Å². The first-order valence-corrected chi connectivity index (χ1v) is 8.66. The zero-order valence-electron chi connectivity index (χ0n) is 15.6. The van der Waals surface area contributed by atoms with Crippen LogP contribution in [0.5, 0.6) is 0 Å². The van der Waals surface area contributed by atoms with Crippen molar-refractivity contribution in [3.8, 4) is 0 Å². The maximum absolute atomic E-state index is 12.6. The fourth-order valence-electron chi connectivity index (χ4n) is 2.94. The molecule has 1 unspecified atom stereocenters. The molecule has 3 atom stereocenters. The van der Waals surface area contributed by atoms with E-state index in [0.717, 1.165) is 5.56 Å². The lowest BCUT2D eigenvalue weighted by atomic mass is 9.96. The minimum absolute atomic E-state index is 0.0143. The second-order valence-corrected chi connectivity index (χ2v) is 7.56. The average molecular weight is 362 g/mol. The predicted molar refractivity (Wildman–Crippen MR) is 95.8 cm³/mol. The number of hydrogen-bond donors (Lipinski definition) is 2. The summed E-state index contributed by atoms with van der Waals surface area (Å²) in [4.78, 5) is 37.6. The van der Waals surface area contributed by atoms with Gasteiger partial charge in [-0.3, -0.25) is 14.5 Å². The number of nitrogens with zero attached hydrogens (tertiary/aromatic N) is 1. The quantitative estimate of drug-likeness (QED) is 0.857. The van der Waals surface area contributed by atoms with Crippen LogP contribution in [0.3, 0.4) is 0 Å². The molecule has 142 valence electrons. The summed E-state index contributed by atoms with van der Waals surface area (Å²) in [6.07, 6.45) is -0.152. The summed E-state index contributed by atoms with van der Waals surface area (Å²) >= 11 is 0. The fraction of sp³-hybridized carbons (Fsp3) is 0.526. The minimum Gasteiger partial charge on any atom is -0.480 e. The van der Waals surface area contributed by atoms with Crippen LogP contribution < -0.4 is 5.32 Å². The number of benzene rings is 1. The first-order valence-electron chi connectivity index (χ1n) is 8.66. The molecule has 0 radical (unpaired) electrons. The van der Waals surface area contributed by atoms with Crippen LogP contribution in [0.25, 0.3) is 0 Å². The van der Waals surface area contributed by atoms with Crippen LogP contribution in [0.4, 0.5) is 4.79 Å². The highest BCUT2D eigenvalue weighted by molar-refractivity contribution is 5.89. The van der Waals surface area contributed by atoms with Crippen molar-refractivity contribution in [2.45, 2.75) is 57.7 Å². The van der Waals surface area contributed by atoms with Gasteiger partial charge in [0.05, 0.1) is 0 Å². The maximum Gasteiger partial charge on any atom is 0.410 e. The number of likely N-dealkylation sites (tertiary alicyclic amines) is 1. The van der Waals surface area contributed by atoms with Gasteiger partial charge in [-0.15, -0.1) is 0 Å². The highest BCUT2D eigenvalue weighted by Gasteiger charge is 2.42. The number of carboxylic acids is 1. The van der Waals surface area contributed by atoms with Crippen molar-refractivity contribution < 1.29 is 24.2 Å². The number of aliphatic carboxylic acids is 1. The van der Waals surface area contributed by atoms with E-state index >= 15 is 0 Å². The molecule has 1 fully saturated rings. The van der Waals surface area contributed by atoms with Gasteiger partial charge in [-0.25, -0.2) is 4.79 Å². The molecule has 1 saturated heterocycles. The van der Waals surface area contributed by atoms with E-state index in [2.05, 4.69) is 5.32 Å². The largest absolute Gasteiger partial charge is 0.480 e. The van der Waals surface area contributed by atoms with E-state index in [1.807, 2.05) is 30.3 Å². The van der Waals surface area contributed by atoms with Gasteiger partial charge >= 0.3 is 12.1 Å². The molecule has 2 rings (SSSR count). The number of amides is 2. The molecule has 7 nitrogen and oxygen atoms in total. The van der Waals surface area contributed by atoms with Gasteiger partial charge in [0.2, 0.25) is 5.91 Å². The van der Waals surface area contributed by atoms with Crippen LogP contribution in [0.15, 0.2) is 30.3 Å². The van der Waals surface area contributed by atoms with Crippen molar-refractivity contribution in [3.63, 3.8) is 0 Å². The Bertz CT molecular complexity index is 668. The summed E-state index contributed by atoms with van der Waals surface area (Å²) in [5, 5.41) is 11.5. The molecular formula is C19H26N2O5. The molecule has 0 aliphatic carbocycles. The summed E-state index contributed by atoms with van der Waals surface area (Å²) in [7, 11) is 0. The van der Waals surface area contributed by atoms with E-state index in [1.165, 1.54) is 11.8 Å². The van der Waals surface area contributed by atoms with E-state index in [9.17, 15) is 14.4 Å². The summed E-state index contributed by atoms with van der Waals surface area (Å²) < 4.78 is 5.43. The number of carbonyl (C=O) groups excluding carboxylic acids is 2. The highest BCUT2D eigenvalue weighted by atomic mass is 16.6. The van der Waals surface area contributed by atoms with Crippen molar-refractivity contribution in [1.29, 1.82) is 0 Å². The Morgan fingerprint density at radius 1 is 1.23 bits per heavy atom. The number of hydrogen-bond acceptors (Lipinski definition) is 4. The molecule has 1 aliphatic rings. The van der Waals surface area contributed by atoms with Crippen molar-refractivity contribution in [2.75, 3.05) is 6.54 Å². The fourth-order valence-corrected chi connectivity index (χ4v) is 2.94. The third-order valence-electron chi connectivity index (χ3n) is 4.23. The topological polar surface area (TPSA) is 95.9 Å². The van der Waals surface area contributed by atoms with Crippen molar-refractivity contribution in [1.82, 2.24) is 10.2 Å². The predicted octanol–water partition coefficient (Wildman–Crippen LogP) is 2.37. The van der Waals surface area contributed by atoms with Gasteiger partial charge in [0.25, 0.3) is 0 Å². The molecular weight excluding hydrogens is 336 g/mol. The van der Waals surface area contributed by atoms with Crippen LogP contribution in [-0.4, -0.2) is 52.2 Å².